The maximum atomic E-state index is 13.5. The Labute approximate surface area is 177 Å². The molecular formula is C25H21NO3S. The minimum atomic E-state index is -3.76. The van der Waals surface area contributed by atoms with Crippen molar-refractivity contribution in [1.82, 2.24) is 0 Å². The van der Waals surface area contributed by atoms with Gasteiger partial charge in [0.15, 0.2) is 0 Å². The van der Waals surface area contributed by atoms with E-state index in [-0.39, 0.29) is 11.4 Å². The zero-order valence-corrected chi connectivity index (χ0v) is 17.1. The molecule has 0 N–H and O–H groups in total. The third-order valence-electron chi connectivity index (χ3n) is 4.60. The third kappa shape index (κ3) is 4.53. The summed E-state index contributed by atoms with van der Waals surface area (Å²) >= 11 is 0. The summed E-state index contributed by atoms with van der Waals surface area (Å²) in [5.74, 6) is 1.28. The van der Waals surface area contributed by atoms with E-state index < -0.39 is 10.0 Å². The lowest BCUT2D eigenvalue weighted by Crippen LogP contribution is -2.30. The fraction of sp³-hybridized carbons (Fsp3) is 0.0400. The van der Waals surface area contributed by atoms with E-state index in [9.17, 15) is 8.42 Å². The second-order valence-electron chi connectivity index (χ2n) is 6.72. The zero-order valence-electron chi connectivity index (χ0n) is 16.3. The summed E-state index contributed by atoms with van der Waals surface area (Å²) in [6, 6.07) is 34.6. The Morgan fingerprint density at radius 2 is 1.10 bits per heavy atom. The standard InChI is InChI=1S/C25H21NO3S/c27-30(28,25-18-16-24(17-19-25)29-23-14-8-3-9-15-23)26(22-12-6-2-7-13-22)20-21-10-4-1-5-11-21/h1-19H,20H2. The molecule has 0 bridgehead atoms. The molecule has 0 aliphatic heterocycles. The van der Waals surface area contributed by atoms with Crippen LogP contribution in [0.2, 0.25) is 0 Å². The predicted molar refractivity (Wildman–Crippen MR) is 119 cm³/mol. The van der Waals surface area contributed by atoms with Crippen LogP contribution in [0.1, 0.15) is 5.56 Å². The molecule has 4 aromatic carbocycles. The summed E-state index contributed by atoms with van der Waals surface area (Å²) in [7, 11) is -3.76. The topological polar surface area (TPSA) is 46.6 Å². The van der Waals surface area contributed by atoms with Gasteiger partial charge in [0.25, 0.3) is 10.0 Å². The molecule has 0 aromatic heterocycles. The van der Waals surface area contributed by atoms with Crippen molar-refractivity contribution in [2.75, 3.05) is 4.31 Å². The van der Waals surface area contributed by atoms with Crippen LogP contribution in [0, 0.1) is 0 Å². The molecule has 0 amide bonds. The van der Waals surface area contributed by atoms with E-state index >= 15 is 0 Å². The minimum Gasteiger partial charge on any atom is -0.457 e. The third-order valence-corrected chi connectivity index (χ3v) is 6.39. The molecule has 4 nitrogen and oxygen atoms in total. The number of ether oxygens (including phenoxy) is 1. The van der Waals surface area contributed by atoms with Crippen molar-refractivity contribution in [3.05, 3.63) is 121 Å². The molecule has 0 atom stereocenters. The summed E-state index contributed by atoms with van der Waals surface area (Å²) in [6.07, 6.45) is 0. The van der Waals surface area contributed by atoms with E-state index in [2.05, 4.69) is 0 Å². The van der Waals surface area contributed by atoms with E-state index in [0.717, 1.165) is 5.56 Å². The van der Waals surface area contributed by atoms with Gasteiger partial charge in [-0.25, -0.2) is 8.42 Å². The van der Waals surface area contributed by atoms with Gasteiger partial charge < -0.3 is 4.74 Å². The van der Waals surface area contributed by atoms with Gasteiger partial charge in [-0.1, -0.05) is 66.7 Å². The Morgan fingerprint density at radius 1 is 0.600 bits per heavy atom. The van der Waals surface area contributed by atoms with Crippen LogP contribution in [-0.2, 0) is 16.6 Å². The molecule has 150 valence electrons. The van der Waals surface area contributed by atoms with Crippen LogP contribution in [0.5, 0.6) is 11.5 Å². The highest BCUT2D eigenvalue weighted by Crippen LogP contribution is 2.28. The average molecular weight is 416 g/mol. The first-order valence-electron chi connectivity index (χ1n) is 9.58. The van der Waals surface area contributed by atoms with Gasteiger partial charge in [0.1, 0.15) is 11.5 Å². The number of benzene rings is 4. The smallest absolute Gasteiger partial charge is 0.264 e. The largest absolute Gasteiger partial charge is 0.457 e. The van der Waals surface area contributed by atoms with Gasteiger partial charge in [0.2, 0.25) is 0 Å². The molecule has 0 radical (unpaired) electrons. The summed E-state index contributed by atoms with van der Waals surface area (Å²) in [5.41, 5.74) is 1.53. The van der Waals surface area contributed by atoms with Gasteiger partial charge >= 0.3 is 0 Å². The van der Waals surface area contributed by atoms with Crippen molar-refractivity contribution in [3.63, 3.8) is 0 Å². The number of nitrogens with zero attached hydrogens (tertiary/aromatic N) is 1. The number of para-hydroxylation sites is 2. The first-order valence-corrected chi connectivity index (χ1v) is 11.0. The van der Waals surface area contributed by atoms with Crippen molar-refractivity contribution < 1.29 is 13.2 Å². The molecule has 0 heterocycles. The number of hydrogen-bond donors (Lipinski definition) is 0. The molecule has 30 heavy (non-hydrogen) atoms. The molecule has 0 unspecified atom stereocenters. The molecule has 0 spiro atoms. The molecule has 0 fully saturated rings. The predicted octanol–water partition coefficient (Wildman–Crippen LogP) is 5.87. The van der Waals surface area contributed by atoms with E-state index in [1.807, 2.05) is 78.9 Å². The SMILES string of the molecule is O=S(=O)(c1ccc(Oc2ccccc2)cc1)N(Cc1ccccc1)c1ccccc1. The van der Waals surface area contributed by atoms with Crippen LogP contribution in [-0.4, -0.2) is 8.42 Å². The highest BCUT2D eigenvalue weighted by Gasteiger charge is 2.25. The van der Waals surface area contributed by atoms with E-state index in [1.165, 1.54) is 4.31 Å². The second-order valence-corrected chi connectivity index (χ2v) is 8.58. The van der Waals surface area contributed by atoms with Crippen LogP contribution < -0.4 is 9.04 Å². The average Bonchev–Trinajstić information content (AvgIpc) is 2.80. The highest BCUT2D eigenvalue weighted by atomic mass is 32.2. The zero-order chi connectivity index (χ0) is 20.8. The van der Waals surface area contributed by atoms with Gasteiger partial charge in [-0.05, 0) is 54.1 Å². The van der Waals surface area contributed by atoms with Crippen LogP contribution in [0.4, 0.5) is 5.69 Å². The molecular weight excluding hydrogens is 394 g/mol. The van der Waals surface area contributed by atoms with Crippen LogP contribution >= 0.6 is 0 Å². The van der Waals surface area contributed by atoms with Gasteiger partial charge in [0, 0.05) is 0 Å². The van der Waals surface area contributed by atoms with E-state index in [4.69, 9.17) is 4.74 Å². The summed E-state index contributed by atoms with van der Waals surface area (Å²) in [6.45, 7) is 0.245. The molecule has 0 aliphatic rings. The molecule has 0 saturated heterocycles. The number of sulfonamides is 1. The van der Waals surface area contributed by atoms with Crippen molar-refractivity contribution >= 4 is 15.7 Å². The van der Waals surface area contributed by atoms with E-state index in [0.29, 0.717) is 17.2 Å². The summed E-state index contributed by atoms with van der Waals surface area (Å²) in [4.78, 5) is 0.211. The Hall–Kier alpha value is -3.57. The molecule has 5 heteroatoms. The fourth-order valence-corrected chi connectivity index (χ4v) is 4.54. The van der Waals surface area contributed by atoms with Gasteiger partial charge in [0.05, 0.1) is 17.1 Å². The van der Waals surface area contributed by atoms with Crippen LogP contribution in [0.15, 0.2) is 120 Å². The lowest BCUT2D eigenvalue weighted by Gasteiger charge is -2.25. The van der Waals surface area contributed by atoms with Crippen molar-refractivity contribution in [3.8, 4) is 11.5 Å². The summed E-state index contributed by atoms with van der Waals surface area (Å²) < 4.78 is 34.2. The summed E-state index contributed by atoms with van der Waals surface area (Å²) in [5, 5.41) is 0. The molecule has 4 rings (SSSR count). The Balaban J connectivity index is 1.64. The highest BCUT2D eigenvalue weighted by molar-refractivity contribution is 7.92. The lowest BCUT2D eigenvalue weighted by molar-refractivity contribution is 0.482. The maximum absolute atomic E-state index is 13.5. The molecule has 4 aromatic rings. The molecule has 0 saturated carbocycles. The van der Waals surface area contributed by atoms with E-state index in [1.54, 1.807) is 36.4 Å². The monoisotopic (exact) mass is 415 g/mol. The van der Waals surface area contributed by atoms with Crippen molar-refractivity contribution in [2.24, 2.45) is 0 Å². The minimum absolute atomic E-state index is 0.211. The van der Waals surface area contributed by atoms with Crippen LogP contribution in [0.3, 0.4) is 0 Å². The first-order chi connectivity index (χ1) is 14.6. The van der Waals surface area contributed by atoms with Gasteiger partial charge in [-0.2, -0.15) is 0 Å². The van der Waals surface area contributed by atoms with Crippen molar-refractivity contribution in [2.45, 2.75) is 11.4 Å². The fourth-order valence-electron chi connectivity index (χ4n) is 3.09. The Morgan fingerprint density at radius 3 is 1.70 bits per heavy atom. The normalized spacial score (nSPS) is 11.1. The maximum Gasteiger partial charge on any atom is 0.264 e. The number of hydrogen-bond acceptors (Lipinski definition) is 3. The van der Waals surface area contributed by atoms with Crippen LogP contribution in [0.25, 0.3) is 0 Å². The van der Waals surface area contributed by atoms with Gasteiger partial charge in [-0.15, -0.1) is 0 Å². The van der Waals surface area contributed by atoms with Gasteiger partial charge in [-0.3, -0.25) is 4.31 Å². The molecule has 0 aliphatic carbocycles. The number of rotatable bonds is 7. The Bertz CT molecular complexity index is 1180. The Kier molecular flexibility index (Phi) is 5.82. The first kappa shape index (κ1) is 19.7. The van der Waals surface area contributed by atoms with Crippen molar-refractivity contribution in [1.29, 1.82) is 0 Å². The quantitative estimate of drug-likeness (QED) is 0.379. The second kappa shape index (κ2) is 8.84. The lowest BCUT2D eigenvalue weighted by atomic mass is 10.2. The number of anilines is 1.